The second-order valence-corrected chi connectivity index (χ2v) is 6.83. The van der Waals surface area contributed by atoms with Gasteiger partial charge in [0.05, 0.1) is 38.1 Å². The van der Waals surface area contributed by atoms with E-state index >= 15 is 0 Å². The van der Waals surface area contributed by atoms with Crippen molar-refractivity contribution in [2.75, 3.05) is 39.6 Å². The summed E-state index contributed by atoms with van der Waals surface area (Å²) in [4.78, 5) is 0. The van der Waals surface area contributed by atoms with Crippen molar-refractivity contribution in [2.24, 2.45) is 11.1 Å². The van der Waals surface area contributed by atoms with Crippen molar-refractivity contribution in [2.45, 2.75) is 64.2 Å². The maximum atomic E-state index is 6.22. The molecule has 5 heteroatoms. The van der Waals surface area contributed by atoms with Crippen molar-refractivity contribution >= 4 is 0 Å². The maximum absolute atomic E-state index is 6.22. The van der Waals surface area contributed by atoms with Gasteiger partial charge in [-0.1, -0.05) is 6.92 Å². The summed E-state index contributed by atoms with van der Waals surface area (Å²) in [6, 6.07) is -0.0822. The predicted octanol–water partition coefficient (Wildman–Crippen LogP) is 2.12. The van der Waals surface area contributed by atoms with Gasteiger partial charge in [-0.05, 0) is 39.0 Å². The number of hydrogen-bond donors (Lipinski definition) is 1. The normalized spacial score (nSPS) is 30.1. The van der Waals surface area contributed by atoms with E-state index < -0.39 is 0 Å². The molecule has 2 saturated heterocycles. The van der Waals surface area contributed by atoms with Crippen LogP contribution >= 0.6 is 0 Å². The number of ether oxygens (including phenoxy) is 4. The van der Waals surface area contributed by atoms with Gasteiger partial charge >= 0.3 is 0 Å². The monoisotopic (exact) mass is 315 g/mol. The molecule has 0 bridgehead atoms. The zero-order valence-electron chi connectivity index (χ0n) is 14.2. The Balaban J connectivity index is 1.67. The summed E-state index contributed by atoms with van der Waals surface area (Å²) in [5.74, 6) is 0. The molecule has 2 rings (SSSR count). The molecule has 130 valence electrons. The third kappa shape index (κ3) is 5.46. The fraction of sp³-hybridized carbons (Fsp3) is 1.00. The topological polar surface area (TPSA) is 62.9 Å². The van der Waals surface area contributed by atoms with Gasteiger partial charge in [-0.25, -0.2) is 0 Å². The fourth-order valence-corrected chi connectivity index (χ4v) is 3.06. The summed E-state index contributed by atoms with van der Waals surface area (Å²) < 4.78 is 23.0. The SMILES string of the molecule is CCC1(COC(C)C(N)COC2CCOCC2)CCCOC1. The molecule has 22 heavy (non-hydrogen) atoms. The van der Waals surface area contributed by atoms with Gasteiger partial charge in [0.1, 0.15) is 0 Å². The lowest BCUT2D eigenvalue weighted by atomic mass is 9.81. The van der Waals surface area contributed by atoms with Crippen molar-refractivity contribution in [1.29, 1.82) is 0 Å². The molecule has 0 radical (unpaired) electrons. The molecule has 5 nitrogen and oxygen atoms in total. The van der Waals surface area contributed by atoms with Crippen LogP contribution in [0.2, 0.25) is 0 Å². The summed E-state index contributed by atoms with van der Waals surface area (Å²) in [6.07, 6.45) is 5.64. The lowest BCUT2D eigenvalue weighted by Crippen LogP contribution is -2.43. The zero-order valence-corrected chi connectivity index (χ0v) is 14.2. The minimum Gasteiger partial charge on any atom is -0.381 e. The van der Waals surface area contributed by atoms with Crippen LogP contribution in [-0.2, 0) is 18.9 Å². The van der Waals surface area contributed by atoms with E-state index in [1.165, 1.54) is 6.42 Å². The molecule has 0 aromatic rings. The van der Waals surface area contributed by atoms with Crippen LogP contribution in [0.5, 0.6) is 0 Å². The lowest BCUT2D eigenvalue weighted by molar-refractivity contribution is -0.0923. The summed E-state index contributed by atoms with van der Waals surface area (Å²) in [7, 11) is 0. The van der Waals surface area contributed by atoms with Crippen molar-refractivity contribution < 1.29 is 18.9 Å². The summed E-state index contributed by atoms with van der Waals surface area (Å²) in [6.45, 7) is 8.84. The van der Waals surface area contributed by atoms with E-state index in [0.29, 0.717) is 12.7 Å². The number of hydrogen-bond acceptors (Lipinski definition) is 5. The minimum atomic E-state index is -0.0822. The molecular weight excluding hydrogens is 282 g/mol. The molecule has 0 amide bonds. The van der Waals surface area contributed by atoms with Crippen LogP contribution in [0.4, 0.5) is 0 Å². The van der Waals surface area contributed by atoms with E-state index in [-0.39, 0.29) is 17.6 Å². The second kappa shape index (κ2) is 9.18. The standard InChI is InChI=1S/C17H33NO4/c1-3-17(7-4-8-20-12-17)13-22-14(2)16(18)11-21-15-5-9-19-10-6-15/h14-16H,3-13,18H2,1-2H3. The van der Waals surface area contributed by atoms with Crippen LogP contribution < -0.4 is 5.73 Å². The van der Waals surface area contributed by atoms with Crippen molar-refractivity contribution in [1.82, 2.24) is 0 Å². The van der Waals surface area contributed by atoms with Crippen LogP contribution in [0, 0.1) is 5.41 Å². The van der Waals surface area contributed by atoms with Gasteiger partial charge < -0.3 is 24.7 Å². The molecule has 2 heterocycles. The average molecular weight is 315 g/mol. The average Bonchev–Trinajstić information content (AvgIpc) is 2.59. The Hall–Kier alpha value is -0.200. The first kappa shape index (κ1) is 18.1. The fourth-order valence-electron chi connectivity index (χ4n) is 3.06. The molecule has 2 N–H and O–H groups in total. The molecule has 0 aromatic heterocycles. The van der Waals surface area contributed by atoms with Crippen molar-refractivity contribution in [3.63, 3.8) is 0 Å². The Kier molecular flexibility index (Phi) is 7.57. The quantitative estimate of drug-likeness (QED) is 0.743. The molecule has 0 aliphatic carbocycles. The summed E-state index contributed by atoms with van der Waals surface area (Å²) in [5.41, 5.74) is 6.40. The van der Waals surface area contributed by atoms with E-state index in [1.54, 1.807) is 0 Å². The van der Waals surface area contributed by atoms with Crippen molar-refractivity contribution in [3.05, 3.63) is 0 Å². The molecule has 2 aliphatic heterocycles. The highest BCUT2D eigenvalue weighted by molar-refractivity contribution is 4.81. The summed E-state index contributed by atoms with van der Waals surface area (Å²) >= 11 is 0. The first-order chi connectivity index (χ1) is 10.7. The van der Waals surface area contributed by atoms with Gasteiger partial charge in [0.2, 0.25) is 0 Å². The third-order valence-electron chi connectivity index (χ3n) is 5.10. The Morgan fingerprint density at radius 3 is 2.64 bits per heavy atom. The zero-order chi connectivity index (χ0) is 15.8. The molecule has 2 aliphatic rings. The van der Waals surface area contributed by atoms with Crippen LogP contribution in [0.25, 0.3) is 0 Å². The minimum absolute atomic E-state index is 0.00481. The van der Waals surface area contributed by atoms with Gasteiger partial charge in [-0.2, -0.15) is 0 Å². The Bertz CT molecular complexity index is 301. The van der Waals surface area contributed by atoms with Gasteiger partial charge in [0.25, 0.3) is 0 Å². The molecular formula is C17H33NO4. The Labute approximate surface area is 134 Å². The predicted molar refractivity (Wildman–Crippen MR) is 86.0 cm³/mol. The van der Waals surface area contributed by atoms with E-state index in [1.807, 2.05) is 6.92 Å². The molecule has 0 spiro atoms. The van der Waals surface area contributed by atoms with E-state index in [0.717, 1.165) is 58.7 Å². The van der Waals surface area contributed by atoms with Crippen LogP contribution in [0.1, 0.15) is 46.0 Å². The van der Waals surface area contributed by atoms with Gasteiger partial charge in [0, 0.05) is 25.2 Å². The highest BCUT2D eigenvalue weighted by Crippen LogP contribution is 2.32. The highest BCUT2D eigenvalue weighted by atomic mass is 16.5. The smallest absolute Gasteiger partial charge is 0.0720 e. The van der Waals surface area contributed by atoms with Gasteiger partial charge in [-0.15, -0.1) is 0 Å². The molecule has 0 aromatic carbocycles. The third-order valence-corrected chi connectivity index (χ3v) is 5.10. The van der Waals surface area contributed by atoms with E-state index in [2.05, 4.69) is 6.92 Å². The van der Waals surface area contributed by atoms with Gasteiger partial charge in [-0.3, -0.25) is 0 Å². The molecule has 0 saturated carbocycles. The van der Waals surface area contributed by atoms with Crippen LogP contribution in [-0.4, -0.2) is 57.9 Å². The van der Waals surface area contributed by atoms with Crippen LogP contribution in [0.15, 0.2) is 0 Å². The number of rotatable bonds is 8. The second-order valence-electron chi connectivity index (χ2n) is 6.83. The maximum Gasteiger partial charge on any atom is 0.0720 e. The van der Waals surface area contributed by atoms with Gasteiger partial charge in [0.15, 0.2) is 0 Å². The largest absolute Gasteiger partial charge is 0.381 e. The van der Waals surface area contributed by atoms with E-state index in [9.17, 15) is 0 Å². The first-order valence-electron chi connectivity index (χ1n) is 8.79. The molecule has 3 unspecified atom stereocenters. The van der Waals surface area contributed by atoms with E-state index in [4.69, 9.17) is 24.7 Å². The summed E-state index contributed by atoms with van der Waals surface area (Å²) in [5, 5.41) is 0. The highest BCUT2D eigenvalue weighted by Gasteiger charge is 2.32. The molecule has 3 atom stereocenters. The van der Waals surface area contributed by atoms with Crippen LogP contribution in [0.3, 0.4) is 0 Å². The van der Waals surface area contributed by atoms with Crippen molar-refractivity contribution in [3.8, 4) is 0 Å². The lowest BCUT2D eigenvalue weighted by Gasteiger charge is -2.37. The number of nitrogens with two attached hydrogens (primary N) is 1. The molecule has 2 fully saturated rings. The Morgan fingerprint density at radius 1 is 1.23 bits per heavy atom. The first-order valence-corrected chi connectivity index (χ1v) is 8.79. The Morgan fingerprint density at radius 2 is 2.00 bits per heavy atom.